The summed E-state index contributed by atoms with van der Waals surface area (Å²) < 4.78 is 88.4. The number of allylic oxidation sites excluding steroid dienone is 4. The number of alkyl halides is 6. The Kier molecular flexibility index (Phi) is 13.0. The van der Waals surface area contributed by atoms with Crippen molar-refractivity contribution < 1.29 is 72.4 Å². The molecule has 0 spiro atoms. The molecule has 4 aromatic carbocycles. The molecule has 0 N–H and O–H groups in total. The van der Waals surface area contributed by atoms with Crippen LogP contribution in [0.2, 0.25) is 0 Å². The van der Waals surface area contributed by atoms with Gasteiger partial charge in [-0.2, -0.15) is 0 Å². The Morgan fingerprint density at radius 1 is 0.536 bits per heavy atom. The van der Waals surface area contributed by atoms with Crippen molar-refractivity contribution >= 4 is 3.21 Å². The first-order chi connectivity index (χ1) is 24.8. The summed E-state index contributed by atoms with van der Waals surface area (Å²) in [7, 11) is 0. The van der Waals surface area contributed by atoms with Crippen LogP contribution in [0.3, 0.4) is 0 Å². The smallest absolute Gasteiger partial charge is 1.00 e. The third-order valence-electron chi connectivity index (χ3n) is 11.0. The number of benzene rings is 4. The van der Waals surface area contributed by atoms with Gasteiger partial charge in [0.25, 0.3) is 0 Å². The van der Waals surface area contributed by atoms with Crippen LogP contribution in [0.25, 0.3) is 11.1 Å². The molecule has 298 valence electrons. The standard InChI is InChI=1S/C21H25.C15H8F6.C11H17.2ClH.Zr/c1-20(2,3)16-9-7-14-11-15-8-10-17(21(4,5)6)13-19(15)18(14)12-16;16-14(17,18)12-5-1-3-10(8-12)7-11-4-2-6-13(9-11)15(19,20)21;1-8-6-9(2)10(7-8)11(3,4)5;;;/h7-13H,1-6H3;1-6,8-9H;7-8H,1-5H3;2*1H;/q;;;;;+2/p-2. The van der Waals surface area contributed by atoms with E-state index in [-0.39, 0.29) is 50.6 Å². The fourth-order valence-corrected chi connectivity index (χ4v) is 18.2. The quantitative estimate of drug-likeness (QED) is 0.182. The molecular formula is C47H50Cl2F6Zr. The van der Waals surface area contributed by atoms with Crippen molar-refractivity contribution in [3.63, 3.8) is 0 Å². The van der Waals surface area contributed by atoms with Gasteiger partial charge in [-0.25, -0.2) is 0 Å². The topological polar surface area (TPSA) is 0 Å². The molecule has 6 rings (SSSR count). The molecule has 0 fully saturated rings. The van der Waals surface area contributed by atoms with Crippen LogP contribution in [-0.2, 0) is 44.4 Å². The largest absolute Gasteiger partial charge is 1.00 e. The molecule has 2 aliphatic rings. The van der Waals surface area contributed by atoms with E-state index >= 15 is 0 Å². The molecule has 0 amide bonds. The second-order valence-corrected chi connectivity index (χ2v) is 24.1. The second-order valence-electron chi connectivity index (χ2n) is 18.1. The predicted octanol–water partition coefficient (Wildman–Crippen LogP) is 8.18. The Hall–Kier alpha value is -2.73. The van der Waals surface area contributed by atoms with Gasteiger partial charge in [-0.1, -0.05) is 0 Å². The maximum Gasteiger partial charge on any atom is -1.00 e. The molecule has 1 unspecified atom stereocenters. The summed E-state index contributed by atoms with van der Waals surface area (Å²) in [4.78, 5) is 0. The minimum absolute atomic E-state index is 0. The molecule has 0 saturated carbocycles. The van der Waals surface area contributed by atoms with Crippen LogP contribution >= 0.6 is 0 Å². The van der Waals surface area contributed by atoms with Gasteiger partial charge in [-0.15, -0.1) is 0 Å². The average Bonchev–Trinajstić information content (AvgIpc) is 3.54. The van der Waals surface area contributed by atoms with Gasteiger partial charge in [0.15, 0.2) is 0 Å². The SMILES string of the molecule is CC1=[C]([Zr+2](=[C](c2cccc(C(F)(F)F)c2)c2cccc(C(F)(F)F)c2)[CH]2c3ccc(C(C)(C)C)cc3-c3cc(C(C)(C)C)ccc32)C(C)C=C1C(C)(C)C.[Cl-].[Cl-]. The first-order valence-electron chi connectivity index (χ1n) is 18.6. The summed E-state index contributed by atoms with van der Waals surface area (Å²) in [5, 5.41) is 0. The Labute approximate surface area is 348 Å². The minimum atomic E-state index is -4.63. The van der Waals surface area contributed by atoms with Crippen LogP contribution in [0.15, 0.2) is 105 Å². The predicted molar refractivity (Wildman–Crippen MR) is 207 cm³/mol. The zero-order valence-electron chi connectivity index (χ0n) is 33.8. The first kappa shape index (κ1) is 46.0. The maximum atomic E-state index is 14.5. The van der Waals surface area contributed by atoms with Crippen LogP contribution in [0, 0.1) is 11.3 Å². The van der Waals surface area contributed by atoms with Crippen molar-refractivity contribution in [2.45, 2.75) is 103 Å². The Bertz CT molecular complexity index is 2110. The summed E-state index contributed by atoms with van der Waals surface area (Å²) in [6.07, 6.45) is -6.98. The van der Waals surface area contributed by atoms with E-state index in [4.69, 9.17) is 0 Å². The van der Waals surface area contributed by atoms with Gasteiger partial charge < -0.3 is 24.8 Å². The van der Waals surface area contributed by atoms with Gasteiger partial charge in [0, 0.05) is 0 Å². The van der Waals surface area contributed by atoms with E-state index in [1.165, 1.54) is 32.1 Å². The first-order valence-corrected chi connectivity index (χ1v) is 22.5. The Morgan fingerprint density at radius 2 is 0.946 bits per heavy atom. The van der Waals surface area contributed by atoms with Crippen molar-refractivity contribution in [2.24, 2.45) is 11.3 Å². The van der Waals surface area contributed by atoms with E-state index in [0.717, 1.165) is 52.1 Å². The normalized spacial score (nSPS) is 16.0. The van der Waals surface area contributed by atoms with E-state index in [1.54, 1.807) is 12.1 Å². The molecular weight excluding hydrogens is 841 g/mol. The summed E-state index contributed by atoms with van der Waals surface area (Å²) in [5.41, 5.74) is 7.58. The third-order valence-corrected chi connectivity index (χ3v) is 20.2. The zero-order valence-corrected chi connectivity index (χ0v) is 37.8. The van der Waals surface area contributed by atoms with Gasteiger partial charge in [-0.3, -0.25) is 0 Å². The van der Waals surface area contributed by atoms with Crippen molar-refractivity contribution in [1.82, 2.24) is 0 Å². The molecule has 56 heavy (non-hydrogen) atoms. The molecule has 0 radical (unpaired) electrons. The van der Waals surface area contributed by atoms with E-state index < -0.39 is 44.7 Å². The van der Waals surface area contributed by atoms with Crippen LogP contribution < -0.4 is 24.8 Å². The van der Waals surface area contributed by atoms with Crippen LogP contribution in [0.1, 0.15) is 124 Å². The van der Waals surface area contributed by atoms with E-state index in [9.17, 15) is 26.3 Å². The Morgan fingerprint density at radius 3 is 1.29 bits per heavy atom. The summed E-state index contributed by atoms with van der Waals surface area (Å²) in [5.74, 6) is -0.0459. The monoisotopic (exact) mass is 888 g/mol. The average molecular weight is 891 g/mol. The molecule has 0 nitrogen and oxygen atoms in total. The minimum Gasteiger partial charge on any atom is -1.00 e. The van der Waals surface area contributed by atoms with E-state index in [0.29, 0.717) is 14.3 Å². The number of rotatable bonds is 4. The Balaban J connectivity index is 0.00000348. The van der Waals surface area contributed by atoms with Crippen molar-refractivity contribution in [3.05, 3.63) is 150 Å². The molecule has 0 saturated heterocycles. The molecule has 0 heterocycles. The van der Waals surface area contributed by atoms with Crippen LogP contribution in [0.5, 0.6) is 0 Å². The van der Waals surface area contributed by atoms with Gasteiger partial charge in [0.2, 0.25) is 0 Å². The summed E-state index contributed by atoms with van der Waals surface area (Å²) >= 11 is -3.79. The molecule has 1 atom stereocenters. The molecule has 0 aromatic heterocycles. The van der Waals surface area contributed by atoms with Gasteiger partial charge >= 0.3 is 326 Å². The third kappa shape index (κ3) is 8.81. The fourth-order valence-electron chi connectivity index (χ4n) is 8.31. The van der Waals surface area contributed by atoms with E-state index in [2.05, 4.69) is 119 Å². The van der Waals surface area contributed by atoms with Crippen LogP contribution in [-0.4, -0.2) is 3.21 Å². The number of hydrogen-bond donors (Lipinski definition) is 0. The molecule has 9 heteroatoms. The van der Waals surface area contributed by atoms with Crippen molar-refractivity contribution in [1.29, 1.82) is 0 Å². The number of hydrogen-bond acceptors (Lipinski definition) is 0. The molecule has 0 aliphatic heterocycles. The van der Waals surface area contributed by atoms with Crippen molar-refractivity contribution in [3.8, 4) is 11.1 Å². The van der Waals surface area contributed by atoms with Gasteiger partial charge in [-0.05, 0) is 0 Å². The molecule has 2 aliphatic carbocycles. The fraction of sp³-hybridized carbons (Fsp3) is 0.383. The van der Waals surface area contributed by atoms with E-state index in [1.807, 2.05) is 0 Å². The number of fused-ring (bicyclic) bond motifs is 3. The van der Waals surface area contributed by atoms with Crippen molar-refractivity contribution in [2.75, 3.05) is 0 Å². The zero-order chi connectivity index (χ0) is 39.9. The number of halogens is 8. The molecule has 4 aromatic rings. The summed E-state index contributed by atoms with van der Waals surface area (Å²) in [6.45, 7) is 23.8. The van der Waals surface area contributed by atoms with Gasteiger partial charge in [0.1, 0.15) is 0 Å². The van der Waals surface area contributed by atoms with Gasteiger partial charge in [0.05, 0.1) is 0 Å². The van der Waals surface area contributed by atoms with Crippen LogP contribution in [0.4, 0.5) is 26.3 Å². The molecule has 0 bridgehead atoms. The second kappa shape index (κ2) is 15.8. The maximum absolute atomic E-state index is 14.5. The summed E-state index contributed by atoms with van der Waals surface area (Å²) in [6, 6.07) is 23.8.